The van der Waals surface area contributed by atoms with Crippen LogP contribution in [0.3, 0.4) is 0 Å². The van der Waals surface area contributed by atoms with Gasteiger partial charge in [-0.15, -0.1) is 0 Å². The number of morpholine rings is 1. The van der Waals surface area contributed by atoms with Crippen LogP contribution in [0.1, 0.15) is 16.1 Å². The van der Waals surface area contributed by atoms with Crippen LogP contribution in [0.25, 0.3) is 0 Å². The maximum absolute atomic E-state index is 12.6. The molecule has 33 heavy (non-hydrogen) atoms. The fourth-order valence-corrected chi connectivity index (χ4v) is 4.40. The molecule has 1 amide bonds. The zero-order valence-corrected chi connectivity index (χ0v) is 18.9. The Hall–Kier alpha value is -2.88. The van der Waals surface area contributed by atoms with Gasteiger partial charge < -0.3 is 24.4 Å². The Kier molecular flexibility index (Phi) is 6.89. The number of aromatic nitrogens is 1. The third-order valence-corrected chi connectivity index (χ3v) is 6.32. The molecule has 9 heteroatoms. The van der Waals surface area contributed by atoms with Crippen molar-refractivity contribution < 1.29 is 19.0 Å². The summed E-state index contributed by atoms with van der Waals surface area (Å²) < 4.78 is 16.3. The number of ether oxygens (including phenoxy) is 3. The predicted molar refractivity (Wildman–Crippen MR) is 124 cm³/mol. The molecule has 3 aliphatic rings. The number of piperazine rings is 1. The van der Waals surface area contributed by atoms with E-state index in [1.807, 2.05) is 18.2 Å². The smallest absolute Gasteiger partial charge is 0.270 e. The van der Waals surface area contributed by atoms with Gasteiger partial charge in [0.15, 0.2) is 11.5 Å². The van der Waals surface area contributed by atoms with Gasteiger partial charge in [0.05, 0.1) is 13.2 Å². The van der Waals surface area contributed by atoms with Gasteiger partial charge in [-0.3, -0.25) is 14.6 Å². The van der Waals surface area contributed by atoms with E-state index < -0.39 is 0 Å². The van der Waals surface area contributed by atoms with Crippen molar-refractivity contribution in [2.45, 2.75) is 6.54 Å². The topological polar surface area (TPSA) is 79.4 Å². The molecule has 3 aliphatic heterocycles. The van der Waals surface area contributed by atoms with E-state index in [-0.39, 0.29) is 5.91 Å². The largest absolute Gasteiger partial charge is 0.454 e. The van der Waals surface area contributed by atoms with Crippen LogP contribution in [-0.2, 0) is 11.3 Å². The summed E-state index contributed by atoms with van der Waals surface area (Å²) in [5, 5.41) is 3.00. The SMILES string of the molecule is O=C(NCCN1CCOCC1)c1cccc(N2CCN(Cc3ccc4c(c3)OCO4)CC2)n1. The van der Waals surface area contributed by atoms with Gasteiger partial charge in [0.2, 0.25) is 6.79 Å². The number of carbonyl (C=O) groups excluding carboxylic acids is 1. The number of amides is 1. The minimum Gasteiger partial charge on any atom is -0.454 e. The van der Waals surface area contributed by atoms with E-state index in [9.17, 15) is 4.79 Å². The third-order valence-electron chi connectivity index (χ3n) is 6.32. The van der Waals surface area contributed by atoms with Crippen molar-refractivity contribution in [1.29, 1.82) is 0 Å². The first kappa shape index (κ1) is 21.9. The number of benzene rings is 1. The number of nitrogens with one attached hydrogen (secondary N) is 1. The molecular formula is C24H31N5O4. The van der Waals surface area contributed by atoms with E-state index in [0.717, 1.165) is 82.9 Å². The maximum atomic E-state index is 12.6. The molecular weight excluding hydrogens is 422 g/mol. The summed E-state index contributed by atoms with van der Waals surface area (Å²) in [6.45, 7) is 9.62. The Morgan fingerprint density at radius 2 is 1.76 bits per heavy atom. The molecule has 2 fully saturated rings. The Balaban J connectivity index is 1.10. The second-order valence-electron chi connectivity index (χ2n) is 8.54. The van der Waals surface area contributed by atoms with E-state index in [0.29, 0.717) is 19.0 Å². The quantitative estimate of drug-likeness (QED) is 0.670. The number of hydrogen-bond acceptors (Lipinski definition) is 8. The van der Waals surface area contributed by atoms with Gasteiger partial charge in [-0.2, -0.15) is 0 Å². The fraction of sp³-hybridized carbons (Fsp3) is 0.500. The summed E-state index contributed by atoms with van der Waals surface area (Å²) in [6.07, 6.45) is 0. The molecule has 0 bridgehead atoms. The van der Waals surface area contributed by atoms with Crippen LogP contribution < -0.4 is 19.7 Å². The van der Waals surface area contributed by atoms with Crippen molar-refractivity contribution in [3.05, 3.63) is 47.7 Å². The number of pyridine rings is 1. The van der Waals surface area contributed by atoms with E-state index in [2.05, 4.69) is 37.1 Å². The molecule has 4 heterocycles. The molecule has 9 nitrogen and oxygen atoms in total. The van der Waals surface area contributed by atoms with Gasteiger partial charge in [0, 0.05) is 58.9 Å². The summed E-state index contributed by atoms with van der Waals surface area (Å²) >= 11 is 0. The maximum Gasteiger partial charge on any atom is 0.270 e. The lowest BCUT2D eigenvalue weighted by atomic mass is 10.1. The molecule has 0 aliphatic carbocycles. The molecule has 0 spiro atoms. The summed E-state index contributed by atoms with van der Waals surface area (Å²) in [5.74, 6) is 2.39. The van der Waals surface area contributed by atoms with Crippen molar-refractivity contribution in [2.24, 2.45) is 0 Å². The van der Waals surface area contributed by atoms with Crippen LogP contribution in [0, 0.1) is 0 Å². The highest BCUT2D eigenvalue weighted by atomic mass is 16.7. The van der Waals surface area contributed by atoms with Gasteiger partial charge >= 0.3 is 0 Å². The summed E-state index contributed by atoms with van der Waals surface area (Å²) in [7, 11) is 0. The molecule has 2 saturated heterocycles. The van der Waals surface area contributed by atoms with Crippen molar-refractivity contribution in [3.63, 3.8) is 0 Å². The second kappa shape index (κ2) is 10.4. The molecule has 1 aromatic carbocycles. The molecule has 176 valence electrons. The minimum absolute atomic E-state index is 0.119. The fourth-order valence-electron chi connectivity index (χ4n) is 4.40. The zero-order valence-electron chi connectivity index (χ0n) is 18.9. The average molecular weight is 454 g/mol. The lowest BCUT2D eigenvalue weighted by Gasteiger charge is -2.35. The van der Waals surface area contributed by atoms with Crippen molar-refractivity contribution >= 4 is 11.7 Å². The van der Waals surface area contributed by atoms with E-state index in [1.165, 1.54) is 5.56 Å². The van der Waals surface area contributed by atoms with Crippen LogP contribution in [-0.4, -0.2) is 93.1 Å². The van der Waals surface area contributed by atoms with E-state index in [4.69, 9.17) is 14.2 Å². The minimum atomic E-state index is -0.119. The van der Waals surface area contributed by atoms with Gasteiger partial charge in [0.25, 0.3) is 5.91 Å². The second-order valence-corrected chi connectivity index (χ2v) is 8.54. The highest BCUT2D eigenvalue weighted by Crippen LogP contribution is 2.32. The summed E-state index contributed by atoms with van der Waals surface area (Å²) in [6, 6.07) is 11.8. The molecule has 5 rings (SSSR count). The van der Waals surface area contributed by atoms with Crippen molar-refractivity contribution in [2.75, 3.05) is 77.3 Å². The van der Waals surface area contributed by atoms with Crippen LogP contribution in [0.15, 0.2) is 36.4 Å². The molecule has 0 atom stereocenters. The molecule has 1 N–H and O–H groups in total. The number of nitrogens with zero attached hydrogens (tertiary/aromatic N) is 4. The number of rotatable bonds is 7. The lowest BCUT2D eigenvalue weighted by Crippen LogP contribution is -2.46. The van der Waals surface area contributed by atoms with Crippen molar-refractivity contribution in [1.82, 2.24) is 20.1 Å². The standard InChI is InChI=1S/C24H31N5O4/c30-24(25-6-7-27-12-14-31-15-13-27)20-2-1-3-23(26-20)29-10-8-28(9-11-29)17-19-4-5-21-22(16-19)33-18-32-21/h1-5,16H,6-15,17-18H2,(H,25,30). The Morgan fingerprint density at radius 1 is 0.939 bits per heavy atom. The van der Waals surface area contributed by atoms with E-state index >= 15 is 0 Å². The van der Waals surface area contributed by atoms with Crippen molar-refractivity contribution in [3.8, 4) is 11.5 Å². The highest BCUT2D eigenvalue weighted by Gasteiger charge is 2.21. The van der Waals surface area contributed by atoms with Gasteiger partial charge in [0.1, 0.15) is 11.5 Å². The van der Waals surface area contributed by atoms with Gasteiger partial charge in [-0.25, -0.2) is 4.98 Å². The Morgan fingerprint density at radius 3 is 2.61 bits per heavy atom. The molecule has 0 radical (unpaired) electrons. The molecule has 2 aromatic rings. The van der Waals surface area contributed by atoms with Gasteiger partial charge in [-0.05, 0) is 29.8 Å². The molecule has 0 unspecified atom stereocenters. The zero-order chi connectivity index (χ0) is 22.5. The van der Waals surface area contributed by atoms with Crippen LogP contribution in [0.4, 0.5) is 5.82 Å². The Bertz CT molecular complexity index is 958. The highest BCUT2D eigenvalue weighted by molar-refractivity contribution is 5.92. The Labute approximate surface area is 194 Å². The lowest BCUT2D eigenvalue weighted by molar-refractivity contribution is 0.0383. The van der Waals surface area contributed by atoms with E-state index in [1.54, 1.807) is 6.07 Å². The molecule has 1 aromatic heterocycles. The van der Waals surface area contributed by atoms with Crippen LogP contribution >= 0.6 is 0 Å². The number of anilines is 1. The number of carbonyl (C=O) groups is 1. The number of fused-ring (bicyclic) bond motifs is 1. The average Bonchev–Trinajstić information content (AvgIpc) is 3.33. The number of hydrogen-bond donors (Lipinski definition) is 1. The first-order valence-corrected chi connectivity index (χ1v) is 11.7. The van der Waals surface area contributed by atoms with Crippen LogP contribution in [0.2, 0.25) is 0 Å². The monoisotopic (exact) mass is 453 g/mol. The third kappa shape index (κ3) is 5.55. The summed E-state index contributed by atoms with van der Waals surface area (Å²) in [4.78, 5) is 24.2. The molecule has 0 saturated carbocycles. The predicted octanol–water partition coefficient (Wildman–Crippen LogP) is 1.19. The first-order chi connectivity index (χ1) is 16.2. The normalized spacial score (nSPS) is 19.0. The van der Waals surface area contributed by atoms with Crippen LogP contribution in [0.5, 0.6) is 11.5 Å². The summed E-state index contributed by atoms with van der Waals surface area (Å²) in [5.41, 5.74) is 1.69. The first-order valence-electron chi connectivity index (χ1n) is 11.7. The van der Waals surface area contributed by atoms with Gasteiger partial charge in [-0.1, -0.05) is 12.1 Å².